The van der Waals surface area contributed by atoms with Crippen LogP contribution < -0.4 is 5.43 Å². The van der Waals surface area contributed by atoms with E-state index in [-0.39, 0.29) is 56.7 Å². The Labute approximate surface area is 257 Å². The predicted octanol–water partition coefficient (Wildman–Crippen LogP) is 5.66. The average Bonchev–Trinajstić information content (AvgIpc) is 2.94. The van der Waals surface area contributed by atoms with Crippen LogP contribution in [0.1, 0.15) is 72.0 Å². The van der Waals surface area contributed by atoms with Crippen LogP contribution in [0.2, 0.25) is 0 Å². The minimum absolute atomic E-state index is 0.0205. The molecule has 236 valence electrons. The molecule has 1 heterocycles. The lowest BCUT2D eigenvalue weighted by molar-refractivity contribution is -0.133. The Hall–Kier alpha value is -3.36. The molecule has 2 saturated carbocycles. The van der Waals surface area contributed by atoms with Crippen LogP contribution in [-0.4, -0.2) is 45.5 Å². The Kier molecular flexibility index (Phi) is 7.21. The van der Waals surface area contributed by atoms with Crippen LogP contribution in [0.25, 0.3) is 11.0 Å². The van der Waals surface area contributed by atoms with Crippen molar-refractivity contribution in [1.29, 1.82) is 0 Å². The van der Waals surface area contributed by atoms with E-state index in [0.29, 0.717) is 19.3 Å². The van der Waals surface area contributed by atoms with Gasteiger partial charge < -0.3 is 29.6 Å². The average molecular weight is 605 g/mol. The van der Waals surface area contributed by atoms with E-state index in [1.54, 1.807) is 0 Å². The van der Waals surface area contributed by atoms with Gasteiger partial charge in [0.05, 0.1) is 13.2 Å². The van der Waals surface area contributed by atoms with Gasteiger partial charge in [-0.2, -0.15) is 0 Å². The second kappa shape index (κ2) is 10.3. The Morgan fingerprint density at radius 1 is 1.07 bits per heavy atom. The number of methoxy groups -OCH3 is 1. The van der Waals surface area contributed by atoms with Crippen molar-refractivity contribution in [3.8, 4) is 11.5 Å². The molecule has 2 aromatic rings. The molecular formula is C36H44O8. The molecule has 0 radical (unpaired) electrons. The van der Waals surface area contributed by atoms with Crippen molar-refractivity contribution in [2.75, 3.05) is 7.11 Å². The molecule has 4 unspecified atom stereocenters. The van der Waals surface area contributed by atoms with Gasteiger partial charge in [-0.25, -0.2) is 0 Å². The van der Waals surface area contributed by atoms with E-state index in [4.69, 9.17) is 9.15 Å². The first-order chi connectivity index (χ1) is 20.7. The van der Waals surface area contributed by atoms with Gasteiger partial charge in [-0.05, 0) is 67.3 Å². The minimum Gasteiger partial charge on any atom is -0.508 e. The first kappa shape index (κ1) is 30.7. The maximum Gasteiger partial charge on any atom is 0.196 e. The molecule has 8 atom stereocenters. The van der Waals surface area contributed by atoms with E-state index in [1.165, 1.54) is 25.3 Å². The number of carbonyl (C=O) groups is 1. The van der Waals surface area contributed by atoms with Crippen molar-refractivity contribution >= 4 is 16.8 Å². The lowest BCUT2D eigenvalue weighted by atomic mass is 9.44. The monoisotopic (exact) mass is 604 g/mol. The number of allylic oxidation sites excluding steroid dienone is 3. The number of fused-ring (bicyclic) bond motifs is 3. The second-order valence-electron chi connectivity index (χ2n) is 14.6. The summed E-state index contributed by atoms with van der Waals surface area (Å²) in [7, 11) is 1.41. The van der Waals surface area contributed by atoms with Gasteiger partial charge in [-0.15, -0.1) is 0 Å². The summed E-state index contributed by atoms with van der Waals surface area (Å²) in [6.07, 6.45) is 6.08. The highest BCUT2D eigenvalue weighted by molar-refractivity contribution is 6.01. The Morgan fingerprint density at radius 3 is 2.50 bits per heavy atom. The highest BCUT2D eigenvalue weighted by Gasteiger charge is 2.63. The van der Waals surface area contributed by atoms with Crippen LogP contribution in [0.4, 0.5) is 0 Å². The summed E-state index contributed by atoms with van der Waals surface area (Å²) < 4.78 is 11.8. The number of aromatic hydroxyl groups is 2. The third-order valence-electron chi connectivity index (χ3n) is 12.0. The molecule has 4 N–H and O–H groups in total. The highest BCUT2D eigenvalue weighted by Crippen LogP contribution is 2.64. The third-order valence-corrected chi connectivity index (χ3v) is 12.0. The molecule has 0 saturated heterocycles. The van der Waals surface area contributed by atoms with Crippen molar-refractivity contribution < 1.29 is 34.4 Å². The van der Waals surface area contributed by atoms with Crippen LogP contribution in [0.15, 0.2) is 63.0 Å². The van der Waals surface area contributed by atoms with E-state index in [9.17, 15) is 30.0 Å². The number of hydrogen-bond acceptors (Lipinski definition) is 8. The molecule has 2 fully saturated rings. The number of ketones is 1. The largest absolute Gasteiger partial charge is 0.508 e. The van der Waals surface area contributed by atoms with Crippen molar-refractivity contribution in [2.24, 2.45) is 34.5 Å². The summed E-state index contributed by atoms with van der Waals surface area (Å²) >= 11 is 0. The Balaban J connectivity index is 1.59. The molecule has 4 aliphatic rings. The number of benzene rings is 1. The molecular weight excluding hydrogens is 560 g/mol. The summed E-state index contributed by atoms with van der Waals surface area (Å²) in [6, 6.07) is 3.58. The van der Waals surface area contributed by atoms with Gasteiger partial charge in [0, 0.05) is 36.1 Å². The second-order valence-corrected chi connectivity index (χ2v) is 14.6. The number of hydrogen-bond donors (Lipinski definition) is 4. The maximum atomic E-state index is 14.6. The summed E-state index contributed by atoms with van der Waals surface area (Å²) in [5.41, 5.74) is -0.566. The van der Waals surface area contributed by atoms with Crippen LogP contribution in [0, 0.1) is 34.5 Å². The number of phenols is 2. The fourth-order valence-electron chi connectivity index (χ4n) is 9.87. The first-order valence-electron chi connectivity index (χ1n) is 15.7. The SMILES string of the molecule is C=C1[C@@H](O)C[C@H]2C(C)(C)CCC[C@]2(C)[C@H]1CC1C(C)=CCC2C(O)C(OC)=CC(=O)C12c1cc(=O)c2c(O)cc(O)cc2o1. The molecule has 0 spiro atoms. The van der Waals surface area contributed by atoms with Crippen molar-refractivity contribution in [2.45, 2.75) is 83.8 Å². The van der Waals surface area contributed by atoms with E-state index >= 15 is 0 Å². The van der Waals surface area contributed by atoms with Crippen molar-refractivity contribution in [3.05, 3.63) is 69.8 Å². The molecule has 8 heteroatoms. The van der Waals surface area contributed by atoms with Crippen LogP contribution >= 0.6 is 0 Å². The van der Waals surface area contributed by atoms with Crippen LogP contribution in [0.3, 0.4) is 0 Å². The molecule has 0 bridgehead atoms. The fraction of sp³-hybridized carbons (Fsp3) is 0.556. The van der Waals surface area contributed by atoms with Gasteiger partial charge in [-0.3, -0.25) is 9.59 Å². The molecule has 44 heavy (non-hydrogen) atoms. The number of rotatable bonds is 4. The lowest BCUT2D eigenvalue weighted by Gasteiger charge is -2.60. The molecule has 8 nitrogen and oxygen atoms in total. The topological polar surface area (TPSA) is 137 Å². The zero-order valence-electron chi connectivity index (χ0n) is 26.2. The fourth-order valence-corrected chi connectivity index (χ4v) is 9.87. The smallest absolute Gasteiger partial charge is 0.196 e. The summed E-state index contributed by atoms with van der Waals surface area (Å²) in [6.45, 7) is 13.3. The van der Waals surface area contributed by atoms with Gasteiger partial charge in [-0.1, -0.05) is 45.4 Å². The van der Waals surface area contributed by atoms with Crippen LogP contribution in [-0.2, 0) is 14.9 Å². The number of aliphatic hydroxyl groups is 2. The van der Waals surface area contributed by atoms with E-state index in [2.05, 4.69) is 27.4 Å². The molecule has 0 aliphatic heterocycles. The molecule has 1 aromatic carbocycles. The zero-order chi connectivity index (χ0) is 31.9. The van der Waals surface area contributed by atoms with Gasteiger partial charge >= 0.3 is 0 Å². The Morgan fingerprint density at radius 2 is 1.80 bits per heavy atom. The lowest BCUT2D eigenvalue weighted by Crippen LogP contribution is -2.59. The molecule has 4 aliphatic carbocycles. The van der Waals surface area contributed by atoms with Gasteiger partial charge in [0.1, 0.15) is 45.5 Å². The van der Waals surface area contributed by atoms with Crippen molar-refractivity contribution in [3.63, 3.8) is 0 Å². The first-order valence-corrected chi connectivity index (χ1v) is 15.7. The maximum absolute atomic E-state index is 14.6. The quantitative estimate of drug-likeness (QED) is 0.328. The van der Waals surface area contributed by atoms with Gasteiger partial charge in [0.15, 0.2) is 11.2 Å². The van der Waals surface area contributed by atoms with Crippen molar-refractivity contribution in [1.82, 2.24) is 0 Å². The van der Waals surface area contributed by atoms with E-state index in [1.807, 2.05) is 13.0 Å². The summed E-state index contributed by atoms with van der Waals surface area (Å²) in [5, 5.41) is 43.6. The standard InChI is InChI=1S/C36H44O8/c1-18-8-9-21-33(42)28(43-6)17-30(41)36(21,31-16-26(40)32-25(39)12-20(37)13-27(32)44-31)22(18)14-23-19(2)24(38)15-29-34(3,4)10-7-11-35(23,29)5/h8,12-13,16-17,21-24,29,33,37-39,42H,2,7,9-11,14-15H2,1,3-6H3/t21?,22?,23-,24-,29-,33?,35+,36?/m0/s1. The molecule has 0 amide bonds. The number of carbonyl (C=O) groups excluding carboxylic acids is 1. The number of phenolic OH excluding ortho intramolecular Hbond substituents is 2. The third kappa shape index (κ3) is 4.24. The molecule has 1 aromatic heterocycles. The van der Waals surface area contributed by atoms with E-state index in [0.717, 1.165) is 36.5 Å². The Bertz CT molecular complexity index is 1660. The van der Waals surface area contributed by atoms with Gasteiger partial charge in [0.25, 0.3) is 0 Å². The number of aliphatic hydroxyl groups excluding tert-OH is 2. The number of ether oxygens (including phenoxy) is 1. The van der Waals surface area contributed by atoms with Gasteiger partial charge in [0.2, 0.25) is 0 Å². The zero-order valence-corrected chi connectivity index (χ0v) is 26.2. The molecule has 6 rings (SSSR count). The summed E-state index contributed by atoms with van der Waals surface area (Å²) in [5.74, 6) is -1.96. The van der Waals surface area contributed by atoms with Crippen LogP contribution in [0.5, 0.6) is 11.5 Å². The highest BCUT2D eigenvalue weighted by atomic mass is 16.5. The minimum atomic E-state index is -1.49. The summed E-state index contributed by atoms with van der Waals surface area (Å²) in [4.78, 5) is 28.2. The van der Waals surface area contributed by atoms with E-state index < -0.39 is 40.6 Å². The predicted molar refractivity (Wildman–Crippen MR) is 166 cm³/mol. The normalized spacial score (nSPS) is 36.7.